The summed E-state index contributed by atoms with van der Waals surface area (Å²) >= 11 is 0. The van der Waals surface area contributed by atoms with E-state index in [4.69, 9.17) is 0 Å². The van der Waals surface area contributed by atoms with Crippen LogP contribution in [0.15, 0.2) is 24.4 Å². The van der Waals surface area contributed by atoms with Crippen LogP contribution in [0.1, 0.15) is 51.1 Å². The van der Waals surface area contributed by atoms with Gasteiger partial charge in [0.1, 0.15) is 11.6 Å². The van der Waals surface area contributed by atoms with Gasteiger partial charge in [-0.3, -0.25) is 14.6 Å². The molecule has 0 radical (unpaired) electrons. The minimum Gasteiger partial charge on any atom is -0.341 e. The third-order valence-electron chi connectivity index (χ3n) is 7.26. The molecule has 4 rings (SSSR count). The molecule has 2 aliphatic heterocycles. The average Bonchev–Trinajstić information content (AvgIpc) is 3.36. The van der Waals surface area contributed by atoms with Crippen LogP contribution in [0.4, 0.5) is 4.79 Å². The first-order chi connectivity index (χ1) is 14.9. The highest BCUT2D eigenvalue weighted by Crippen LogP contribution is 2.36. The van der Waals surface area contributed by atoms with E-state index in [2.05, 4.69) is 15.2 Å². The Hall–Kier alpha value is -2.48. The van der Waals surface area contributed by atoms with Crippen molar-refractivity contribution in [3.63, 3.8) is 0 Å². The van der Waals surface area contributed by atoms with Crippen molar-refractivity contribution in [3.8, 4) is 0 Å². The normalized spacial score (nSPS) is 22.7. The number of urea groups is 1. The minimum atomic E-state index is -0.778. The molecule has 1 aromatic heterocycles. The van der Waals surface area contributed by atoms with Crippen LogP contribution in [0.2, 0.25) is 0 Å². The second kappa shape index (κ2) is 8.94. The zero-order valence-corrected chi connectivity index (χ0v) is 18.5. The number of likely N-dealkylation sites (N-methyl/N-ethyl adjacent to an activating group) is 1. The van der Waals surface area contributed by atoms with Crippen molar-refractivity contribution in [2.45, 2.75) is 69.5 Å². The summed E-state index contributed by atoms with van der Waals surface area (Å²) < 4.78 is 0. The molecule has 4 amide bonds. The first-order valence-electron chi connectivity index (χ1n) is 11.5. The van der Waals surface area contributed by atoms with Crippen LogP contribution < -0.4 is 5.32 Å². The van der Waals surface area contributed by atoms with Gasteiger partial charge < -0.3 is 15.1 Å². The van der Waals surface area contributed by atoms with Gasteiger partial charge >= 0.3 is 6.03 Å². The molecule has 168 valence electrons. The number of carbonyl (C=O) groups excluding carboxylic acids is 3. The Bertz CT molecular complexity index is 816. The van der Waals surface area contributed by atoms with E-state index in [1.54, 1.807) is 18.9 Å². The fourth-order valence-electron chi connectivity index (χ4n) is 5.24. The topological polar surface area (TPSA) is 85.8 Å². The Morgan fingerprint density at radius 1 is 1.26 bits per heavy atom. The Kier molecular flexibility index (Phi) is 6.27. The van der Waals surface area contributed by atoms with Gasteiger partial charge in [-0.05, 0) is 44.7 Å². The summed E-state index contributed by atoms with van der Waals surface area (Å²) in [7, 11) is 1.80. The highest BCUT2D eigenvalue weighted by atomic mass is 16.2. The molecular formula is C23H33N5O3. The van der Waals surface area contributed by atoms with Crippen LogP contribution in [0.25, 0.3) is 0 Å². The SMILES string of the molecule is CC(C(=O)N(C)C1CCN(CCc2ccccn2)CC1)N1C(=O)NC2(CCCC2)C1=O. The predicted octanol–water partition coefficient (Wildman–Crippen LogP) is 1.80. The lowest BCUT2D eigenvalue weighted by Gasteiger charge is -2.38. The maximum Gasteiger partial charge on any atom is 0.325 e. The molecule has 3 fully saturated rings. The number of carbonyl (C=O) groups is 3. The van der Waals surface area contributed by atoms with E-state index in [9.17, 15) is 14.4 Å². The van der Waals surface area contributed by atoms with E-state index in [0.29, 0.717) is 12.8 Å². The van der Waals surface area contributed by atoms with Gasteiger partial charge in [0.2, 0.25) is 5.91 Å². The van der Waals surface area contributed by atoms with Gasteiger partial charge in [-0.25, -0.2) is 9.69 Å². The predicted molar refractivity (Wildman–Crippen MR) is 116 cm³/mol. The lowest BCUT2D eigenvalue weighted by Crippen LogP contribution is -2.54. The van der Waals surface area contributed by atoms with Crippen LogP contribution in [-0.4, -0.2) is 81.8 Å². The summed E-state index contributed by atoms with van der Waals surface area (Å²) in [5.41, 5.74) is 0.322. The second-order valence-corrected chi connectivity index (χ2v) is 9.16. The summed E-state index contributed by atoms with van der Waals surface area (Å²) in [5, 5.41) is 2.87. The number of rotatable bonds is 6. The molecule has 1 aliphatic carbocycles. The molecule has 3 heterocycles. The molecule has 1 aromatic rings. The third kappa shape index (κ3) is 4.31. The van der Waals surface area contributed by atoms with E-state index >= 15 is 0 Å². The van der Waals surface area contributed by atoms with Crippen LogP contribution in [0.3, 0.4) is 0 Å². The molecule has 1 atom stereocenters. The number of nitrogens with zero attached hydrogens (tertiary/aromatic N) is 4. The second-order valence-electron chi connectivity index (χ2n) is 9.16. The van der Waals surface area contributed by atoms with Crippen LogP contribution in [-0.2, 0) is 16.0 Å². The van der Waals surface area contributed by atoms with Crippen LogP contribution >= 0.6 is 0 Å². The number of hydrogen-bond donors (Lipinski definition) is 1. The van der Waals surface area contributed by atoms with Crippen molar-refractivity contribution in [2.24, 2.45) is 0 Å². The monoisotopic (exact) mass is 427 g/mol. The standard InChI is InChI=1S/C23H33N5O3/c1-17(28-21(30)23(25-22(28)31)11-4-5-12-23)20(29)26(2)19-9-15-27(16-10-19)14-8-18-7-3-6-13-24-18/h3,6-7,13,17,19H,4-5,8-12,14-16H2,1-2H3,(H,25,31). The molecule has 3 aliphatic rings. The summed E-state index contributed by atoms with van der Waals surface area (Å²) in [4.78, 5) is 48.4. The summed E-state index contributed by atoms with van der Waals surface area (Å²) in [6, 6.07) is 4.91. The minimum absolute atomic E-state index is 0.127. The molecule has 0 bridgehead atoms. The molecule has 8 nitrogen and oxygen atoms in total. The smallest absolute Gasteiger partial charge is 0.325 e. The molecule has 2 saturated heterocycles. The zero-order valence-electron chi connectivity index (χ0n) is 18.5. The van der Waals surface area contributed by atoms with Gasteiger partial charge in [-0.2, -0.15) is 0 Å². The Morgan fingerprint density at radius 2 is 1.97 bits per heavy atom. The van der Waals surface area contributed by atoms with Crippen molar-refractivity contribution in [2.75, 3.05) is 26.7 Å². The van der Waals surface area contributed by atoms with Gasteiger partial charge in [-0.15, -0.1) is 0 Å². The van der Waals surface area contributed by atoms with Crippen molar-refractivity contribution in [1.29, 1.82) is 0 Å². The maximum absolute atomic E-state index is 13.1. The summed E-state index contributed by atoms with van der Waals surface area (Å²) in [6.07, 6.45) is 7.72. The van der Waals surface area contributed by atoms with Gasteiger partial charge in [0.25, 0.3) is 5.91 Å². The van der Waals surface area contributed by atoms with Crippen molar-refractivity contribution >= 4 is 17.8 Å². The Labute approximate surface area is 184 Å². The fraction of sp³-hybridized carbons (Fsp3) is 0.652. The van der Waals surface area contributed by atoms with Gasteiger partial charge in [-0.1, -0.05) is 18.9 Å². The number of likely N-dealkylation sites (tertiary alicyclic amines) is 1. The largest absolute Gasteiger partial charge is 0.341 e. The van der Waals surface area contributed by atoms with E-state index in [1.807, 2.05) is 24.4 Å². The van der Waals surface area contributed by atoms with Gasteiger partial charge in [0.15, 0.2) is 0 Å². The van der Waals surface area contributed by atoms with E-state index in [-0.39, 0.29) is 17.9 Å². The first kappa shape index (κ1) is 21.7. The summed E-state index contributed by atoms with van der Waals surface area (Å²) in [5.74, 6) is -0.390. The van der Waals surface area contributed by atoms with Crippen molar-refractivity contribution in [3.05, 3.63) is 30.1 Å². The highest BCUT2D eigenvalue weighted by molar-refractivity contribution is 6.09. The lowest BCUT2D eigenvalue weighted by molar-refractivity contribution is -0.143. The molecular weight excluding hydrogens is 394 g/mol. The molecule has 1 unspecified atom stereocenters. The maximum atomic E-state index is 13.1. The van der Waals surface area contributed by atoms with Crippen molar-refractivity contribution < 1.29 is 14.4 Å². The number of pyridine rings is 1. The molecule has 1 N–H and O–H groups in total. The Balaban J connectivity index is 1.29. The number of nitrogens with one attached hydrogen (secondary N) is 1. The zero-order chi connectivity index (χ0) is 22.0. The molecule has 31 heavy (non-hydrogen) atoms. The quantitative estimate of drug-likeness (QED) is 0.700. The van der Waals surface area contributed by atoms with Crippen molar-refractivity contribution in [1.82, 2.24) is 25.0 Å². The lowest BCUT2D eigenvalue weighted by atomic mass is 9.97. The molecule has 1 saturated carbocycles. The molecule has 1 spiro atoms. The van der Waals surface area contributed by atoms with Crippen LogP contribution in [0.5, 0.6) is 0 Å². The van der Waals surface area contributed by atoms with E-state index in [0.717, 1.165) is 62.3 Å². The number of aromatic nitrogens is 1. The number of piperidine rings is 1. The number of amides is 4. The molecule has 8 heteroatoms. The highest BCUT2D eigenvalue weighted by Gasteiger charge is 2.54. The van der Waals surface area contributed by atoms with Gasteiger partial charge in [0, 0.05) is 51.0 Å². The number of hydrogen-bond acceptors (Lipinski definition) is 5. The molecule has 0 aromatic carbocycles. The first-order valence-corrected chi connectivity index (χ1v) is 11.5. The third-order valence-corrected chi connectivity index (χ3v) is 7.26. The van der Waals surface area contributed by atoms with E-state index < -0.39 is 17.6 Å². The number of imide groups is 1. The van der Waals surface area contributed by atoms with Crippen LogP contribution in [0, 0.1) is 0 Å². The van der Waals surface area contributed by atoms with Gasteiger partial charge in [0.05, 0.1) is 0 Å². The van der Waals surface area contributed by atoms with E-state index in [1.165, 1.54) is 0 Å². The Morgan fingerprint density at radius 3 is 2.61 bits per heavy atom. The summed E-state index contributed by atoms with van der Waals surface area (Å²) in [6.45, 7) is 4.49. The average molecular weight is 428 g/mol. The fourth-order valence-corrected chi connectivity index (χ4v) is 5.24.